The number of hydrogen-bond donors (Lipinski definition) is 1. The van der Waals surface area contributed by atoms with Crippen molar-refractivity contribution in [1.82, 2.24) is 4.90 Å². The molecular weight excluding hydrogens is 210 g/mol. The molecule has 1 fully saturated rings. The van der Waals surface area contributed by atoms with Crippen LogP contribution in [-0.4, -0.2) is 28.6 Å². The number of nitrogens with zero attached hydrogens (tertiary/aromatic N) is 1. The molecule has 0 aromatic heterocycles. The Bertz CT molecular complexity index is 400. The van der Waals surface area contributed by atoms with Crippen LogP contribution in [0, 0.1) is 0 Å². The van der Waals surface area contributed by atoms with Crippen molar-refractivity contribution in [1.29, 1.82) is 0 Å². The first kappa shape index (κ1) is 11.2. The minimum absolute atomic E-state index is 0.279. The molecule has 2 heteroatoms. The molecule has 92 valence electrons. The molecule has 0 bridgehead atoms. The van der Waals surface area contributed by atoms with Gasteiger partial charge in [-0.1, -0.05) is 31.2 Å². The van der Waals surface area contributed by atoms with Crippen molar-refractivity contribution in [3.63, 3.8) is 0 Å². The molecule has 2 nitrogen and oxygen atoms in total. The van der Waals surface area contributed by atoms with Crippen LogP contribution in [0.25, 0.3) is 0 Å². The Kier molecular flexibility index (Phi) is 2.93. The first-order valence-electron chi connectivity index (χ1n) is 6.83. The highest BCUT2D eigenvalue weighted by molar-refractivity contribution is 5.36. The lowest BCUT2D eigenvalue weighted by Crippen LogP contribution is -2.40. The van der Waals surface area contributed by atoms with Gasteiger partial charge in [-0.05, 0) is 43.4 Å². The molecule has 0 aliphatic heterocycles. The van der Waals surface area contributed by atoms with Gasteiger partial charge in [0.1, 0.15) is 0 Å². The van der Waals surface area contributed by atoms with Gasteiger partial charge >= 0.3 is 0 Å². The van der Waals surface area contributed by atoms with E-state index in [-0.39, 0.29) is 6.10 Å². The number of aliphatic hydroxyl groups excluding tert-OH is 1. The lowest BCUT2D eigenvalue weighted by Gasteiger charge is -2.31. The van der Waals surface area contributed by atoms with Crippen LogP contribution in [0.5, 0.6) is 0 Å². The number of fused-ring (bicyclic) bond motifs is 1. The largest absolute Gasteiger partial charge is 0.387 e. The van der Waals surface area contributed by atoms with Crippen molar-refractivity contribution in [3.8, 4) is 0 Å². The molecule has 1 saturated carbocycles. The fourth-order valence-electron chi connectivity index (χ4n) is 3.14. The Morgan fingerprint density at radius 3 is 2.71 bits per heavy atom. The van der Waals surface area contributed by atoms with E-state index in [0.29, 0.717) is 6.04 Å². The molecule has 0 radical (unpaired) electrons. The van der Waals surface area contributed by atoms with Gasteiger partial charge in [-0.15, -0.1) is 0 Å². The van der Waals surface area contributed by atoms with Crippen LogP contribution in [0.3, 0.4) is 0 Å². The summed E-state index contributed by atoms with van der Waals surface area (Å²) in [4.78, 5) is 2.55. The highest BCUT2D eigenvalue weighted by Gasteiger charge is 2.40. The summed E-state index contributed by atoms with van der Waals surface area (Å²) in [6.07, 6.45) is 4.56. The van der Waals surface area contributed by atoms with Crippen LogP contribution in [0.15, 0.2) is 24.3 Å². The zero-order valence-electron chi connectivity index (χ0n) is 10.5. The second-order valence-corrected chi connectivity index (χ2v) is 5.38. The average Bonchev–Trinajstić information content (AvgIpc) is 3.13. The molecule has 1 N–H and O–H groups in total. The molecule has 0 spiro atoms. The molecule has 2 aliphatic carbocycles. The molecule has 17 heavy (non-hydrogen) atoms. The summed E-state index contributed by atoms with van der Waals surface area (Å²) < 4.78 is 0. The zero-order valence-corrected chi connectivity index (χ0v) is 10.5. The smallest absolute Gasteiger partial charge is 0.0951 e. The summed E-state index contributed by atoms with van der Waals surface area (Å²) in [5.74, 6) is 0. The maximum Gasteiger partial charge on any atom is 0.0951 e. The Labute approximate surface area is 103 Å². The standard InChI is InChI=1S/C15H21NO/c1-2-9-16(12-7-8-12)14-10-11-5-3-4-6-13(11)15(14)17/h3-6,12,14-15,17H,2,7-10H2,1H3. The third-order valence-corrected chi connectivity index (χ3v) is 4.09. The highest BCUT2D eigenvalue weighted by Crippen LogP contribution is 2.39. The first-order valence-corrected chi connectivity index (χ1v) is 6.83. The van der Waals surface area contributed by atoms with Gasteiger partial charge in [0, 0.05) is 12.1 Å². The van der Waals surface area contributed by atoms with Crippen LogP contribution in [0.1, 0.15) is 43.4 Å². The van der Waals surface area contributed by atoms with E-state index in [0.717, 1.165) is 24.6 Å². The molecule has 0 amide bonds. The molecular formula is C15H21NO. The molecule has 1 aromatic carbocycles. The fraction of sp³-hybridized carbons (Fsp3) is 0.600. The molecule has 0 saturated heterocycles. The monoisotopic (exact) mass is 231 g/mol. The third kappa shape index (κ3) is 2.00. The van der Waals surface area contributed by atoms with Crippen LogP contribution < -0.4 is 0 Å². The van der Waals surface area contributed by atoms with Gasteiger partial charge in [0.2, 0.25) is 0 Å². The van der Waals surface area contributed by atoms with Gasteiger partial charge in [-0.2, -0.15) is 0 Å². The van der Waals surface area contributed by atoms with Crippen LogP contribution in [0.4, 0.5) is 0 Å². The Morgan fingerprint density at radius 2 is 2.06 bits per heavy atom. The molecule has 0 heterocycles. The van der Waals surface area contributed by atoms with Crippen molar-refractivity contribution in [2.45, 2.75) is 50.8 Å². The van der Waals surface area contributed by atoms with Gasteiger partial charge in [0.15, 0.2) is 0 Å². The lowest BCUT2D eigenvalue weighted by atomic mass is 10.1. The lowest BCUT2D eigenvalue weighted by molar-refractivity contribution is 0.0555. The van der Waals surface area contributed by atoms with E-state index in [1.165, 1.54) is 24.8 Å². The maximum atomic E-state index is 10.5. The summed E-state index contributed by atoms with van der Waals surface area (Å²) in [7, 11) is 0. The highest BCUT2D eigenvalue weighted by atomic mass is 16.3. The van der Waals surface area contributed by atoms with Crippen molar-refractivity contribution in [3.05, 3.63) is 35.4 Å². The first-order chi connectivity index (χ1) is 8.31. The van der Waals surface area contributed by atoms with E-state index in [4.69, 9.17) is 0 Å². The van der Waals surface area contributed by atoms with Gasteiger partial charge in [0.05, 0.1) is 6.10 Å². The van der Waals surface area contributed by atoms with E-state index in [2.05, 4.69) is 30.0 Å². The minimum atomic E-state index is -0.279. The Morgan fingerprint density at radius 1 is 1.29 bits per heavy atom. The summed E-state index contributed by atoms with van der Waals surface area (Å²) in [5, 5.41) is 10.5. The summed E-state index contributed by atoms with van der Waals surface area (Å²) in [5.41, 5.74) is 2.49. The van der Waals surface area contributed by atoms with Crippen LogP contribution in [0.2, 0.25) is 0 Å². The van der Waals surface area contributed by atoms with E-state index in [9.17, 15) is 5.11 Å². The molecule has 3 rings (SSSR count). The molecule has 2 atom stereocenters. The quantitative estimate of drug-likeness (QED) is 0.860. The van der Waals surface area contributed by atoms with E-state index >= 15 is 0 Å². The van der Waals surface area contributed by atoms with E-state index in [1.807, 2.05) is 6.07 Å². The SMILES string of the molecule is CCCN(C1CC1)C1Cc2ccccc2C1O. The van der Waals surface area contributed by atoms with Crippen molar-refractivity contribution < 1.29 is 5.11 Å². The minimum Gasteiger partial charge on any atom is -0.387 e. The van der Waals surface area contributed by atoms with E-state index < -0.39 is 0 Å². The van der Waals surface area contributed by atoms with Crippen LogP contribution >= 0.6 is 0 Å². The van der Waals surface area contributed by atoms with Crippen molar-refractivity contribution >= 4 is 0 Å². The number of rotatable bonds is 4. The molecule has 2 aliphatic rings. The van der Waals surface area contributed by atoms with Gasteiger partial charge in [-0.25, -0.2) is 0 Å². The molecule has 1 aromatic rings. The summed E-state index contributed by atoms with van der Waals surface area (Å²) in [6, 6.07) is 9.41. The zero-order chi connectivity index (χ0) is 11.8. The molecule has 2 unspecified atom stereocenters. The number of hydrogen-bond acceptors (Lipinski definition) is 2. The fourth-order valence-corrected chi connectivity index (χ4v) is 3.14. The number of benzene rings is 1. The van der Waals surface area contributed by atoms with Crippen LogP contribution in [-0.2, 0) is 6.42 Å². The van der Waals surface area contributed by atoms with Gasteiger partial charge in [0.25, 0.3) is 0 Å². The summed E-state index contributed by atoms with van der Waals surface area (Å²) in [6.45, 7) is 3.35. The van der Waals surface area contributed by atoms with E-state index in [1.54, 1.807) is 0 Å². The van der Waals surface area contributed by atoms with Crippen molar-refractivity contribution in [2.75, 3.05) is 6.54 Å². The third-order valence-electron chi connectivity index (χ3n) is 4.09. The summed E-state index contributed by atoms with van der Waals surface area (Å²) >= 11 is 0. The Hall–Kier alpha value is -0.860. The maximum absolute atomic E-state index is 10.5. The van der Waals surface area contributed by atoms with Crippen molar-refractivity contribution in [2.24, 2.45) is 0 Å². The second-order valence-electron chi connectivity index (χ2n) is 5.38. The van der Waals surface area contributed by atoms with Gasteiger partial charge in [-0.3, -0.25) is 4.90 Å². The normalized spacial score (nSPS) is 27.5. The second kappa shape index (κ2) is 4.43. The Balaban J connectivity index is 1.81. The topological polar surface area (TPSA) is 23.5 Å². The predicted octanol–water partition coefficient (Wildman–Crippen LogP) is 2.52. The van der Waals surface area contributed by atoms with Gasteiger partial charge < -0.3 is 5.11 Å². The average molecular weight is 231 g/mol. The number of aliphatic hydroxyl groups is 1. The predicted molar refractivity (Wildman–Crippen MR) is 68.9 cm³/mol.